The van der Waals surface area contributed by atoms with Gasteiger partial charge in [0.2, 0.25) is 0 Å². The summed E-state index contributed by atoms with van der Waals surface area (Å²) in [6, 6.07) is 5.89. The molecule has 1 aromatic heterocycles. The second-order valence-corrected chi connectivity index (χ2v) is 4.14. The smallest absolute Gasteiger partial charge is 0.306 e. The minimum Gasteiger partial charge on any atom is -0.481 e. The number of carboxylic acids is 1. The molecule has 0 bridgehead atoms. The van der Waals surface area contributed by atoms with E-state index in [1.54, 1.807) is 6.92 Å². The molecule has 0 saturated carbocycles. The molecule has 2 aromatic rings. The number of carboxylic acid groups (broad SMARTS) is 1. The van der Waals surface area contributed by atoms with E-state index in [4.69, 9.17) is 5.11 Å². The second kappa shape index (κ2) is 3.96. The Morgan fingerprint density at radius 1 is 1.56 bits per heavy atom. The Hall–Kier alpha value is -1.84. The van der Waals surface area contributed by atoms with Gasteiger partial charge in [0, 0.05) is 11.1 Å². The van der Waals surface area contributed by atoms with Crippen molar-refractivity contribution in [1.29, 1.82) is 0 Å². The normalized spacial score (nSPS) is 12.9. The number of fused-ring (bicyclic) bond motifs is 1. The van der Waals surface area contributed by atoms with Gasteiger partial charge >= 0.3 is 5.97 Å². The van der Waals surface area contributed by atoms with Gasteiger partial charge in [-0.25, -0.2) is 0 Å². The molecule has 2 N–H and O–H groups in total. The average Bonchev–Trinajstić information content (AvgIpc) is 2.60. The lowest BCUT2D eigenvalue weighted by molar-refractivity contribution is -0.141. The van der Waals surface area contributed by atoms with Gasteiger partial charge in [-0.15, -0.1) is 0 Å². The molecule has 16 heavy (non-hydrogen) atoms. The van der Waals surface area contributed by atoms with Crippen LogP contribution in [0.5, 0.6) is 0 Å². The zero-order valence-corrected chi connectivity index (χ0v) is 9.32. The number of hydrogen-bond donors (Lipinski definition) is 2. The van der Waals surface area contributed by atoms with Crippen LogP contribution in [0.1, 0.15) is 18.2 Å². The van der Waals surface area contributed by atoms with Crippen LogP contribution in [0.25, 0.3) is 10.9 Å². The Kier molecular flexibility index (Phi) is 2.64. The lowest BCUT2D eigenvalue weighted by Gasteiger charge is -2.05. The van der Waals surface area contributed by atoms with E-state index in [0.29, 0.717) is 6.42 Å². The Labute approximate surface area is 93.3 Å². The molecule has 4 heteroatoms. The highest BCUT2D eigenvalue weighted by Gasteiger charge is 2.12. The number of carbonyl (C=O) groups is 1. The number of nitrogens with zero attached hydrogens (tertiary/aromatic N) is 1. The summed E-state index contributed by atoms with van der Waals surface area (Å²) in [6.45, 7) is 3.68. The predicted molar refractivity (Wildman–Crippen MR) is 61.3 cm³/mol. The van der Waals surface area contributed by atoms with E-state index in [-0.39, 0.29) is 5.92 Å². The summed E-state index contributed by atoms with van der Waals surface area (Å²) < 4.78 is 0. The fourth-order valence-electron chi connectivity index (χ4n) is 1.76. The molecule has 0 aliphatic carbocycles. The van der Waals surface area contributed by atoms with Crippen molar-refractivity contribution in [2.45, 2.75) is 20.3 Å². The number of hydrogen-bond acceptors (Lipinski definition) is 2. The summed E-state index contributed by atoms with van der Waals surface area (Å²) in [5.74, 6) is -1.13. The quantitative estimate of drug-likeness (QED) is 0.829. The third-order valence-electron chi connectivity index (χ3n) is 2.77. The van der Waals surface area contributed by atoms with Crippen LogP contribution in [0.2, 0.25) is 0 Å². The average molecular weight is 218 g/mol. The first-order valence-electron chi connectivity index (χ1n) is 5.24. The van der Waals surface area contributed by atoms with E-state index in [0.717, 1.165) is 22.2 Å². The first-order valence-corrected chi connectivity index (χ1v) is 5.24. The highest BCUT2D eigenvalue weighted by Crippen LogP contribution is 2.18. The van der Waals surface area contributed by atoms with Crippen molar-refractivity contribution in [2.24, 2.45) is 5.92 Å². The van der Waals surface area contributed by atoms with Gasteiger partial charge in [-0.3, -0.25) is 9.89 Å². The maximum atomic E-state index is 10.7. The summed E-state index contributed by atoms with van der Waals surface area (Å²) in [6.07, 6.45) is 0.539. The predicted octanol–water partition coefficient (Wildman–Crippen LogP) is 2.13. The molecule has 0 saturated heterocycles. The Bertz CT molecular complexity index is 531. The Balaban J connectivity index is 2.29. The largest absolute Gasteiger partial charge is 0.481 e. The van der Waals surface area contributed by atoms with E-state index in [1.807, 2.05) is 25.1 Å². The molecule has 1 heterocycles. The number of aromatic nitrogens is 2. The molecule has 1 aromatic carbocycles. The van der Waals surface area contributed by atoms with E-state index >= 15 is 0 Å². The number of aromatic amines is 1. The maximum absolute atomic E-state index is 10.7. The van der Waals surface area contributed by atoms with Gasteiger partial charge < -0.3 is 5.11 Å². The third-order valence-corrected chi connectivity index (χ3v) is 2.77. The number of H-pyrrole nitrogens is 1. The zero-order chi connectivity index (χ0) is 11.7. The number of benzene rings is 1. The summed E-state index contributed by atoms with van der Waals surface area (Å²) in [7, 11) is 0. The minimum absolute atomic E-state index is 0.363. The van der Waals surface area contributed by atoms with E-state index < -0.39 is 5.97 Å². The number of aryl methyl sites for hydroxylation is 1. The van der Waals surface area contributed by atoms with Gasteiger partial charge in [-0.1, -0.05) is 19.1 Å². The molecule has 0 aliphatic rings. The minimum atomic E-state index is -0.765. The van der Waals surface area contributed by atoms with Crippen molar-refractivity contribution < 1.29 is 9.90 Å². The number of aliphatic carboxylic acids is 1. The molecule has 1 atom stereocenters. The topological polar surface area (TPSA) is 66.0 Å². The van der Waals surface area contributed by atoms with Crippen LogP contribution in [-0.4, -0.2) is 21.3 Å². The summed E-state index contributed by atoms with van der Waals surface area (Å²) in [5.41, 5.74) is 2.94. The highest BCUT2D eigenvalue weighted by molar-refractivity contribution is 5.81. The van der Waals surface area contributed by atoms with Crippen molar-refractivity contribution in [2.75, 3.05) is 0 Å². The monoisotopic (exact) mass is 218 g/mol. The molecular formula is C12H14N2O2. The molecule has 0 amide bonds. The molecule has 1 unspecified atom stereocenters. The van der Waals surface area contributed by atoms with Gasteiger partial charge in [-0.2, -0.15) is 5.10 Å². The lowest BCUT2D eigenvalue weighted by atomic mass is 10.0. The number of rotatable bonds is 3. The van der Waals surface area contributed by atoms with Gasteiger partial charge in [-0.05, 0) is 25.0 Å². The molecular weight excluding hydrogens is 204 g/mol. The molecule has 0 radical (unpaired) electrons. The molecule has 4 nitrogen and oxygen atoms in total. The molecule has 2 rings (SSSR count). The van der Waals surface area contributed by atoms with E-state index in [9.17, 15) is 4.79 Å². The first-order chi connectivity index (χ1) is 7.58. The second-order valence-electron chi connectivity index (χ2n) is 4.14. The van der Waals surface area contributed by atoms with Gasteiger partial charge in [0.05, 0.1) is 11.4 Å². The van der Waals surface area contributed by atoms with Crippen molar-refractivity contribution >= 4 is 16.9 Å². The summed E-state index contributed by atoms with van der Waals surface area (Å²) in [4.78, 5) is 10.7. The maximum Gasteiger partial charge on any atom is 0.306 e. The molecule has 0 spiro atoms. The summed E-state index contributed by atoms with van der Waals surface area (Å²) in [5, 5.41) is 17.0. The zero-order valence-electron chi connectivity index (χ0n) is 9.32. The lowest BCUT2D eigenvalue weighted by Crippen LogP contribution is -2.12. The molecule has 84 valence electrons. The van der Waals surface area contributed by atoms with Crippen LogP contribution < -0.4 is 0 Å². The summed E-state index contributed by atoms with van der Waals surface area (Å²) >= 11 is 0. The van der Waals surface area contributed by atoms with Crippen LogP contribution in [0.3, 0.4) is 0 Å². The van der Waals surface area contributed by atoms with Gasteiger partial charge in [0.15, 0.2) is 0 Å². The highest BCUT2D eigenvalue weighted by atomic mass is 16.4. The van der Waals surface area contributed by atoms with Crippen molar-refractivity contribution in [3.05, 3.63) is 29.5 Å². The number of nitrogens with one attached hydrogen (secondary N) is 1. The molecule has 0 aliphatic heterocycles. The van der Waals surface area contributed by atoms with Gasteiger partial charge in [0.25, 0.3) is 0 Å². The van der Waals surface area contributed by atoms with Crippen molar-refractivity contribution in [3.63, 3.8) is 0 Å². The first kappa shape index (κ1) is 10.7. The van der Waals surface area contributed by atoms with E-state index in [2.05, 4.69) is 10.2 Å². The Morgan fingerprint density at radius 2 is 2.31 bits per heavy atom. The fourth-order valence-corrected chi connectivity index (χ4v) is 1.76. The van der Waals surface area contributed by atoms with E-state index in [1.165, 1.54) is 0 Å². The van der Waals surface area contributed by atoms with Crippen LogP contribution in [0, 0.1) is 12.8 Å². The SMILES string of the molecule is Cc1[nH]nc2cc(CC(C)C(=O)O)ccc12. The van der Waals surface area contributed by atoms with Gasteiger partial charge in [0.1, 0.15) is 0 Å². The van der Waals surface area contributed by atoms with Crippen LogP contribution in [0.15, 0.2) is 18.2 Å². The van der Waals surface area contributed by atoms with Crippen molar-refractivity contribution in [3.8, 4) is 0 Å². The standard InChI is InChI=1S/C12H14N2O2/c1-7(12(15)16)5-9-3-4-10-8(2)13-14-11(10)6-9/h3-4,6-7H,5H2,1-2H3,(H,13,14)(H,15,16). The fraction of sp³-hybridized carbons (Fsp3) is 0.333. The van der Waals surface area contributed by atoms with Crippen molar-refractivity contribution in [1.82, 2.24) is 10.2 Å². The van der Waals surface area contributed by atoms with Crippen LogP contribution in [-0.2, 0) is 11.2 Å². The van der Waals surface area contributed by atoms with Crippen LogP contribution >= 0.6 is 0 Å². The Morgan fingerprint density at radius 3 is 3.00 bits per heavy atom. The van der Waals surface area contributed by atoms with Crippen LogP contribution in [0.4, 0.5) is 0 Å². The molecule has 0 fully saturated rings. The third kappa shape index (κ3) is 1.91.